The van der Waals surface area contributed by atoms with E-state index < -0.39 is 15.7 Å². The average Bonchev–Trinajstić information content (AvgIpc) is 2.29. The highest BCUT2D eigenvalue weighted by molar-refractivity contribution is 6.70. The topological polar surface area (TPSA) is 75.0 Å². The van der Waals surface area contributed by atoms with Gasteiger partial charge in [-0.1, -0.05) is 0 Å². The molecule has 0 unspecified atom stereocenters. The van der Waals surface area contributed by atoms with Crippen LogP contribution in [0, 0.1) is 11.3 Å². The summed E-state index contributed by atoms with van der Waals surface area (Å²) < 4.78 is 0. The molecule has 18 heavy (non-hydrogen) atoms. The molecule has 0 aliphatic rings. The van der Waals surface area contributed by atoms with E-state index in [0.717, 1.165) is 0 Å². The Balaban J connectivity index is 0.000000873. The van der Waals surface area contributed by atoms with Crippen LogP contribution in [-0.4, -0.2) is 15.7 Å². The molecule has 0 N–H and O–H groups in total. The van der Waals surface area contributed by atoms with Crippen molar-refractivity contribution >= 4 is 50.5 Å². The summed E-state index contributed by atoms with van der Waals surface area (Å²) in [4.78, 5) is 32.6. The van der Waals surface area contributed by atoms with Gasteiger partial charge in [0.15, 0.2) is 0 Å². The lowest BCUT2D eigenvalue weighted by Gasteiger charge is -2.00. The van der Waals surface area contributed by atoms with Crippen LogP contribution in [0.5, 0.6) is 0 Å². The minimum Gasteiger partial charge on any atom is -0.276 e. The van der Waals surface area contributed by atoms with Gasteiger partial charge in [-0.15, -0.1) is 0 Å². The summed E-state index contributed by atoms with van der Waals surface area (Å²) >= 11 is 15.6. The molecule has 0 atom stereocenters. The van der Waals surface area contributed by atoms with Crippen molar-refractivity contribution in [1.82, 2.24) is 0 Å². The number of hydrogen-bond donors (Lipinski definition) is 0. The zero-order valence-electron chi connectivity index (χ0n) is 9.04. The van der Waals surface area contributed by atoms with E-state index in [1.54, 1.807) is 6.07 Å². The summed E-state index contributed by atoms with van der Waals surface area (Å²) in [6, 6.07) is 5.32. The van der Waals surface area contributed by atoms with Crippen molar-refractivity contribution in [3.8, 4) is 6.07 Å². The summed E-state index contributed by atoms with van der Waals surface area (Å²) in [6.07, 6.45) is 0. The van der Waals surface area contributed by atoms with Crippen molar-refractivity contribution in [2.45, 2.75) is 6.92 Å². The first-order valence-corrected chi connectivity index (χ1v) is 5.52. The minimum absolute atomic E-state index is 0.00725. The number of halogens is 3. The number of carbonyl (C=O) groups excluding carboxylic acids is 3. The predicted molar refractivity (Wildman–Crippen MR) is 68.3 cm³/mol. The van der Waals surface area contributed by atoms with Crippen LogP contribution in [0.25, 0.3) is 0 Å². The van der Waals surface area contributed by atoms with Gasteiger partial charge in [-0.2, -0.15) is 5.26 Å². The Hall–Kier alpha value is -1.41. The van der Waals surface area contributed by atoms with Crippen LogP contribution >= 0.6 is 34.8 Å². The number of carbonyl (C=O) groups is 3. The van der Waals surface area contributed by atoms with Crippen LogP contribution < -0.4 is 0 Å². The van der Waals surface area contributed by atoms with E-state index in [4.69, 9.17) is 40.1 Å². The van der Waals surface area contributed by atoms with Gasteiger partial charge < -0.3 is 0 Å². The van der Waals surface area contributed by atoms with Crippen LogP contribution in [-0.2, 0) is 0 Å². The molecule has 1 aromatic rings. The fourth-order valence-electron chi connectivity index (χ4n) is 0.968. The Labute approximate surface area is 118 Å². The molecule has 0 spiro atoms. The summed E-state index contributed by atoms with van der Waals surface area (Å²) in [7, 11) is 0. The molecule has 0 fully saturated rings. The van der Waals surface area contributed by atoms with Crippen molar-refractivity contribution < 1.29 is 14.4 Å². The second kappa shape index (κ2) is 7.83. The van der Waals surface area contributed by atoms with Crippen molar-refractivity contribution in [1.29, 1.82) is 5.26 Å². The van der Waals surface area contributed by atoms with Crippen LogP contribution in [0.2, 0.25) is 0 Å². The molecular formula is C11H6Cl3NO3. The van der Waals surface area contributed by atoms with Gasteiger partial charge in [-0.25, -0.2) is 0 Å². The molecule has 4 nitrogen and oxygen atoms in total. The van der Waals surface area contributed by atoms with E-state index in [1.165, 1.54) is 25.1 Å². The number of rotatable bonds is 3. The molecule has 7 heteroatoms. The van der Waals surface area contributed by atoms with Crippen molar-refractivity contribution in [3.63, 3.8) is 0 Å². The predicted octanol–water partition coefficient (Wildman–Crippen LogP) is 3.35. The van der Waals surface area contributed by atoms with Crippen LogP contribution in [0.3, 0.4) is 0 Å². The van der Waals surface area contributed by atoms with Gasteiger partial charge in [0.05, 0.1) is 6.07 Å². The summed E-state index contributed by atoms with van der Waals surface area (Å²) in [5, 5.41) is 4.93. The lowest BCUT2D eigenvalue weighted by atomic mass is 10.1. The molecule has 0 aliphatic heterocycles. The molecule has 0 aliphatic carbocycles. The second-order valence-electron chi connectivity index (χ2n) is 2.84. The monoisotopic (exact) mass is 305 g/mol. The normalized spacial score (nSPS) is 8.61. The van der Waals surface area contributed by atoms with E-state index in [0.29, 0.717) is 0 Å². The summed E-state index contributed by atoms with van der Waals surface area (Å²) in [5.41, 5.74) is -0.0218. The molecule has 0 bridgehead atoms. The number of hydrogen-bond acceptors (Lipinski definition) is 4. The first-order valence-electron chi connectivity index (χ1n) is 4.38. The third-order valence-corrected chi connectivity index (χ3v) is 2.27. The Bertz CT molecular complexity index is 456. The first kappa shape index (κ1) is 16.6. The third-order valence-electron chi connectivity index (χ3n) is 1.61. The standard InChI is InChI=1S/C9H3Cl3O3.C2H3N/c10-7(13)4-1-5(8(11)14)3-6(2-4)9(12)15;1-2-3/h1-3H;1H3. The molecule has 1 rings (SSSR count). The maximum Gasteiger partial charge on any atom is 0.252 e. The lowest BCUT2D eigenvalue weighted by molar-refractivity contribution is 0.108. The number of nitrogens with zero attached hydrogens (tertiary/aromatic N) is 1. The first-order chi connectivity index (χ1) is 8.33. The Morgan fingerprint density at radius 3 is 1.17 bits per heavy atom. The zero-order chi connectivity index (χ0) is 14.3. The number of benzene rings is 1. The van der Waals surface area contributed by atoms with E-state index in [1.807, 2.05) is 0 Å². The zero-order valence-corrected chi connectivity index (χ0v) is 11.3. The van der Waals surface area contributed by atoms with Gasteiger partial charge in [0, 0.05) is 23.6 Å². The second-order valence-corrected chi connectivity index (χ2v) is 3.87. The minimum atomic E-state index is -0.797. The molecule has 0 radical (unpaired) electrons. The lowest BCUT2D eigenvalue weighted by Crippen LogP contribution is -2.00. The Morgan fingerprint density at radius 1 is 0.889 bits per heavy atom. The van der Waals surface area contributed by atoms with Gasteiger partial charge >= 0.3 is 0 Å². The Kier molecular flexibility index (Phi) is 7.21. The fourth-order valence-corrected chi connectivity index (χ4v) is 1.30. The third kappa shape index (κ3) is 5.28. The van der Waals surface area contributed by atoms with Gasteiger partial charge in [0.2, 0.25) is 0 Å². The SMILES string of the molecule is CC#N.O=C(Cl)c1cc(C(=O)Cl)cc(C(=O)Cl)c1. The quantitative estimate of drug-likeness (QED) is 0.802. The van der Waals surface area contributed by atoms with Crippen LogP contribution in [0.1, 0.15) is 38.0 Å². The van der Waals surface area contributed by atoms with Gasteiger partial charge in [0.25, 0.3) is 15.7 Å². The molecule has 94 valence electrons. The summed E-state index contributed by atoms with van der Waals surface area (Å²) in [5.74, 6) is 0. The van der Waals surface area contributed by atoms with Gasteiger partial charge in [-0.05, 0) is 53.0 Å². The van der Waals surface area contributed by atoms with Crippen LogP contribution in [0.15, 0.2) is 18.2 Å². The highest BCUT2D eigenvalue weighted by atomic mass is 35.5. The van der Waals surface area contributed by atoms with E-state index in [-0.39, 0.29) is 16.7 Å². The largest absolute Gasteiger partial charge is 0.276 e. The molecule has 0 amide bonds. The van der Waals surface area contributed by atoms with E-state index in [9.17, 15) is 14.4 Å². The fraction of sp³-hybridized carbons (Fsp3) is 0.0909. The Morgan fingerprint density at radius 2 is 1.06 bits per heavy atom. The molecular weight excluding hydrogens is 300 g/mol. The van der Waals surface area contributed by atoms with Crippen LogP contribution in [0.4, 0.5) is 0 Å². The van der Waals surface area contributed by atoms with Gasteiger partial charge in [0.1, 0.15) is 0 Å². The number of nitriles is 1. The molecule has 0 saturated heterocycles. The van der Waals surface area contributed by atoms with Crippen molar-refractivity contribution in [2.24, 2.45) is 0 Å². The highest BCUT2D eigenvalue weighted by Gasteiger charge is 2.12. The van der Waals surface area contributed by atoms with Crippen molar-refractivity contribution in [3.05, 3.63) is 34.9 Å². The highest BCUT2D eigenvalue weighted by Crippen LogP contribution is 2.16. The molecule has 0 heterocycles. The molecule has 0 saturated carbocycles. The van der Waals surface area contributed by atoms with E-state index in [2.05, 4.69) is 0 Å². The summed E-state index contributed by atoms with van der Waals surface area (Å²) in [6.45, 7) is 1.43. The molecule has 0 aromatic heterocycles. The van der Waals surface area contributed by atoms with E-state index >= 15 is 0 Å². The maximum absolute atomic E-state index is 10.9. The molecule has 1 aromatic carbocycles. The van der Waals surface area contributed by atoms with Crippen molar-refractivity contribution in [2.75, 3.05) is 0 Å². The maximum atomic E-state index is 10.9. The smallest absolute Gasteiger partial charge is 0.252 e. The van der Waals surface area contributed by atoms with Gasteiger partial charge in [-0.3, -0.25) is 14.4 Å². The average molecular weight is 307 g/mol.